The zero-order valence-electron chi connectivity index (χ0n) is 14.5. The van der Waals surface area contributed by atoms with Crippen LogP contribution in [0.3, 0.4) is 0 Å². The fraction of sp³-hybridized carbons (Fsp3) is 0.0526. The van der Waals surface area contributed by atoms with E-state index in [-0.39, 0.29) is 16.9 Å². The number of halogens is 2. The van der Waals surface area contributed by atoms with Crippen LogP contribution >= 0.6 is 11.3 Å². The van der Waals surface area contributed by atoms with E-state index in [9.17, 15) is 28.5 Å². The predicted octanol–water partition coefficient (Wildman–Crippen LogP) is 3.45. The van der Waals surface area contributed by atoms with Gasteiger partial charge in [0.1, 0.15) is 16.3 Å². The van der Waals surface area contributed by atoms with Crippen LogP contribution in [0.5, 0.6) is 0 Å². The number of nitro groups is 1. The van der Waals surface area contributed by atoms with E-state index in [0.29, 0.717) is 15.6 Å². The minimum atomic E-state index is -0.927. The predicted molar refractivity (Wildman–Crippen MR) is 104 cm³/mol. The summed E-state index contributed by atoms with van der Waals surface area (Å²) in [5.74, 6) is -1.73. The highest BCUT2D eigenvalue weighted by atomic mass is 32.1. The molecule has 146 valence electrons. The molecule has 0 aliphatic heterocycles. The maximum Gasteiger partial charge on any atom is 0.336 e. The van der Waals surface area contributed by atoms with Crippen molar-refractivity contribution in [3.05, 3.63) is 102 Å². The molecule has 0 bridgehead atoms. The zero-order valence-corrected chi connectivity index (χ0v) is 15.4. The molecule has 0 aliphatic rings. The van der Waals surface area contributed by atoms with E-state index in [0.717, 1.165) is 29.5 Å². The third-order valence-corrected chi connectivity index (χ3v) is 5.26. The van der Waals surface area contributed by atoms with Crippen LogP contribution < -0.4 is 11.2 Å². The number of nitro benzene ring substituents is 1. The summed E-state index contributed by atoms with van der Waals surface area (Å²) in [6.07, 6.45) is 0. The van der Waals surface area contributed by atoms with Gasteiger partial charge in [-0.1, -0.05) is 12.1 Å². The zero-order chi connectivity index (χ0) is 20.7. The van der Waals surface area contributed by atoms with Crippen molar-refractivity contribution in [1.82, 2.24) is 9.13 Å². The number of rotatable bonds is 4. The molecule has 0 saturated carbocycles. The molecule has 7 nitrogen and oxygen atoms in total. The van der Waals surface area contributed by atoms with Gasteiger partial charge in [0.15, 0.2) is 0 Å². The molecule has 2 heterocycles. The van der Waals surface area contributed by atoms with Crippen LogP contribution in [0.1, 0.15) is 5.56 Å². The molecule has 29 heavy (non-hydrogen) atoms. The van der Waals surface area contributed by atoms with Crippen molar-refractivity contribution >= 4 is 27.2 Å². The molecule has 2 aromatic carbocycles. The van der Waals surface area contributed by atoms with Crippen molar-refractivity contribution in [1.29, 1.82) is 0 Å². The lowest BCUT2D eigenvalue weighted by molar-refractivity contribution is -0.384. The lowest BCUT2D eigenvalue weighted by atomic mass is 10.2. The van der Waals surface area contributed by atoms with Crippen molar-refractivity contribution in [2.45, 2.75) is 6.54 Å². The van der Waals surface area contributed by atoms with Crippen LogP contribution in [0.4, 0.5) is 14.5 Å². The van der Waals surface area contributed by atoms with E-state index in [1.165, 1.54) is 22.8 Å². The topological polar surface area (TPSA) is 87.1 Å². The summed E-state index contributed by atoms with van der Waals surface area (Å²) in [4.78, 5) is 36.4. The van der Waals surface area contributed by atoms with Crippen molar-refractivity contribution in [2.75, 3.05) is 0 Å². The molecule has 0 unspecified atom stereocenters. The van der Waals surface area contributed by atoms with Crippen LogP contribution in [0.2, 0.25) is 0 Å². The molecule has 4 aromatic rings. The number of thiophene rings is 1. The minimum Gasteiger partial charge on any atom is -0.288 e. The fourth-order valence-corrected chi connectivity index (χ4v) is 3.88. The average molecular weight is 415 g/mol. The lowest BCUT2D eigenvalue weighted by Crippen LogP contribution is -2.39. The first-order chi connectivity index (χ1) is 13.9. The Kier molecular flexibility index (Phi) is 4.55. The molecule has 0 fully saturated rings. The first kappa shape index (κ1) is 18.7. The normalized spacial score (nSPS) is 11.1. The summed E-state index contributed by atoms with van der Waals surface area (Å²) in [5.41, 5.74) is -1.54. The highest BCUT2D eigenvalue weighted by molar-refractivity contribution is 7.17. The summed E-state index contributed by atoms with van der Waals surface area (Å²) in [5, 5.41) is 12.6. The Balaban J connectivity index is 1.98. The molecule has 0 saturated heterocycles. The second-order valence-corrected chi connectivity index (χ2v) is 7.08. The Hall–Kier alpha value is -3.66. The van der Waals surface area contributed by atoms with Crippen LogP contribution in [-0.2, 0) is 6.54 Å². The standard InChI is InChI=1S/C19H11F2N3O4S/c20-12-4-5-14(21)16(9-12)23-18(25)17-15(6-7-29-17)22(19(23)26)10-11-2-1-3-13(8-11)24(27)28/h1-9H,10H2. The first-order valence-electron chi connectivity index (χ1n) is 8.28. The number of hydrogen-bond donors (Lipinski definition) is 0. The number of nitrogens with zero attached hydrogens (tertiary/aromatic N) is 3. The third kappa shape index (κ3) is 3.23. The van der Waals surface area contributed by atoms with E-state index in [1.807, 2.05) is 0 Å². The van der Waals surface area contributed by atoms with Gasteiger partial charge in [-0.3, -0.25) is 19.5 Å². The molecular formula is C19H11F2N3O4S. The van der Waals surface area contributed by atoms with E-state index >= 15 is 0 Å². The Labute approximate surface area is 164 Å². The Morgan fingerprint density at radius 1 is 1.07 bits per heavy atom. The summed E-state index contributed by atoms with van der Waals surface area (Å²) < 4.78 is 29.9. The maximum atomic E-state index is 14.3. The minimum absolute atomic E-state index is 0.0923. The lowest BCUT2D eigenvalue weighted by Gasteiger charge is -2.13. The Morgan fingerprint density at radius 2 is 1.86 bits per heavy atom. The quantitative estimate of drug-likeness (QED) is 0.377. The summed E-state index contributed by atoms with van der Waals surface area (Å²) in [6, 6.07) is 9.75. The molecule has 0 amide bonds. The van der Waals surface area contributed by atoms with Gasteiger partial charge in [-0.25, -0.2) is 18.1 Å². The molecule has 0 aliphatic carbocycles. The molecule has 4 rings (SSSR count). The van der Waals surface area contributed by atoms with Gasteiger partial charge in [-0.15, -0.1) is 11.3 Å². The molecule has 0 radical (unpaired) electrons. The summed E-state index contributed by atoms with van der Waals surface area (Å²) >= 11 is 1.06. The smallest absolute Gasteiger partial charge is 0.288 e. The van der Waals surface area contributed by atoms with Gasteiger partial charge in [-0.05, 0) is 29.1 Å². The summed E-state index contributed by atoms with van der Waals surface area (Å²) in [6.45, 7) is -0.0923. The van der Waals surface area contributed by atoms with Gasteiger partial charge >= 0.3 is 5.69 Å². The van der Waals surface area contributed by atoms with Crippen LogP contribution in [-0.4, -0.2) is 14.1 Å². The number of benzene rings is 2. The molecule has 10 heteroatoms. The van der Waals surface area contributed by atoms with Gasteiger partial charge in [0.2, 0.25) is 0 Å². The number of non-ortho nitro benzene ring substituents is 1. The highest BCUT2D eigenvalue weighted by Crippen LogP contribution is 2.20. The Morgan fingerprint density at radius 3 is 2.62 bits per heavy atom. The number of fused-ring (bicyclic) bond motifs is 1. The monoisotopic (exact) mass is 415 g/mol. The summed E-state index contributed by atoms with van der Waals surface area (Å²) in [7, 11) is 0. The maximum absolute atomic E-state index is 14.3. The molecular weight excluding hydrogens is 404 g/mol. The van der Waals surface area contributed by atoms with Crippen molar-refractivity contribution < 1.29 is 13.7 Å². The van der Waals surface area contributed by atoms with E-state index in [2.05, 4.69) is 0 Å². The fourth-order valence-electron chi connectivity index (χ4n) is 3.06. The van der Waals surface area contributed by atoms with Gasteiger partial charge in [0, 0.05) is 18.2 Å². The van der Waals surface area contributed by atoms with E-state index in [4.69, 9.17) is 0 Å². The van der Waals surface area contributed by atoms with E-state index in [1.54, 1.807) is 17.5 Å². The van der Waals surface area contributed by atoms with Gasteiger partial charge in [0.25, 0.3) is 11.2 Å². The van der Waals surface area contributed by atoms with Crippen LogP contribution in [0.25, 0.3) is 15.9 Å². The van der Waals surface area contributed by atoms with Gasteiger partial charge in [-0.2, -0.15) is 0 Å². The van der Waals surface area contributed by atoms with Crippen molar-refractivity contribution in [3.8, 4) is 5.69 Å². The van der Waals surface area contributed by atoms with E-state index < -0.39 is 33.5 Å². The molecule has 0 spiro atoms. The van der Waals surface area contributed by atoms with Gasteiger partial charge in [0.05, 0.1) is 22.7 Å². The Bertz CT molecular complexity index is 1390. The molecule has 0 atom stereocenters. The molecule has 0 N–H and O–H groups in total. The average Bonchev–Trinajstić information content (AvgIpc) is 3.18. The largest absolute Gasteiger partial charge is 0.336 e. The van der Waals surface area contributed by atoms with Gasteiger partial charge < -0.3 is 0 Å². The second-order valence-electron chi connectivity index (χ2n) is 6.17. The van der Waals surface area contributed by atoms with Crippen molar-refractivity contribution in [3.63, 3.8) is 0 Å². The molecule has 2 aromatic heterocycles. The highest BCUT2D eigenvalue weighted by Gasteiger charge is 2.19. The van der Waals surface area contributed by atoms with Crippen LogP contribution in [0.15, 0.2) is 63.5 Å². The SMILES string of the molecule is O=c1c2sccc2n(Cc2cccc([N+](=O)[O-])c2)c(=O)n1-c1cc(F)ccc1F. The number of aromatic nitrogens is 2. The third-order valence-electron chi connectivity index (χ3n) is 4.37. The number of hydrogen-bond acceptors (Lipinski definition) is 5. The van der Waals surface area contributed by atoms with Crippen LogP contribution in [0, 0.1) is 21.7 Å². The first-order valence-corrected chi connectivity index (χ1v) is 9.16. The second kappa shape index (κ2) is 7.06. The van der Waals surface area contributed by atoms with Crippen molar-refractivity contribution in [2.24, 2.45) is 0 Å².